The predicted octanol–water partition coefficient (Wildman–Crippen LogP) is 0.913. The molecule has 3 aliphatic heterocycles. The minimum absolute atomic E-state index is 0.160. The molecule has 1 N–H and O–H groups in total. The second-order valence-corrected chi connectivity index (χ2v) is 8.58. The number of nitrogens with one attached hydrogen (secondary N) is 1. The zero-order valence-corrected chi connectivity index (χ0v) is 18.5. The molecule has 2 saturated heterocycles. The molecule has 1 aromatic rings. The van der Waals surface area contributed by atoms with Crippen LogP contribution in [0.2, 0.25) is 0 Å². The smallest absolute Gasteiger partial charge is 0.320 e. The van der Waals surface area contributed by atoms with Crippen molar-refractivity contribution in [1.29, 1.82) is 0 Å². The number of unbranched alkanes of at least 4 members (excludes halogenated alkanes) is 1. The van der Waals surface area contributed by atoms with Crippen molar-refractivity contribution in [2.24, 2.45) is 0 Å². The molecule has 2 fully saturated rings. The van der Waals surface area contributed by atoms with Crippen LogP contribution in [0.1, 0.15) is 48.5 Å². The van der Waals surface area contributed by atoms with Crippen LogP contribution >= 0.6 is 0 Å². The third kappa shape index (κ3) is 4.77. The van der Waals surface area contributed by atoms with Gasteiger partial charge in [-0.05, 0) is 36.6 Å². The number of carbonyl (C=O) groups is 4. The number of hydrogen-bond donors (Lipinski definition) is 1. The van der Waals surface area contributed by atoms with Gasteiger partial charge in [-0.3, -0.25) is 29.4 Å². The number of rotatable bonds is 7. The number of ether oxygens (including phenoxy) is 1. The number of benzene rings is 1. The molecule has 32 heavy (non-hydrogen) atoms. The first-order valence-electron chi connectivity index (χ1n) is 11.4. The maximum Gasteiger partial charge on any atom is 0.320 e. The Morgan fingerprint density at radius 2 is 1.94 bits per heavy atom. The van der Waals surface area contributed by atoms with E-state index in [1.165, 1.54) is 0 Å². The van der Waals surface area contributed by atoms with Crippen molar-refractivity contribution in [3.8, 4) is 0 Å². The van der Waals surface area contributed by atoms with E-state index in [2.05, 4.69) is 22.0 Å². The van der Waals surface area contributed by atoms with Gasteiger partial charge in [0.15, 0.2) is 0 Å². The molecule has 9 heteroatoms. The summed E-state index contributed by atoms with van der Waals surface area (Å²) in [6, 6.07) is 5.19. The Morgan fingerprint density at radius 3 is 2.66 bits per heavy atom. The molecular weight excluding hydrogens is 412 g/mol. The van der Waals surface area contributed by atoms with E-state index in [9.17, 15) is 19.2 Å². The van der Waals surface area contributed by atoms with E-state index in [1.54, 1.807) is 4.90 Å². The van der Waals surface area contributed by atoms with Crippen LogP contribution in [0.25, 0.3) is 0 Å². The van der Waals surface area contributed by atoms with Crippen LogP contribution in [-0.2, 0) is 25.7 Å². The van der Waals surface area contributed by atoms with Crippen molar-refractivity contribution >= 4 is 29.4 Å². The molecule has 0 saturated carbocycles. The lowest BCUT2D eigenvalue weighted by atomic mass is 10.0. The molecule has 0 aromatic heterocycles. The second kappa shape index (κ2) is 9.68. The van der Waals surface area contributed by atoms with Crippen LogP contribution in [0, 0.1) is 0 Å². The van der Waals surface area contributed by atoms with E-state index in [-0.39, 0.29) is 24.2 Å². The van der Waals surface area contributed by atoms with Gasteiger partial charge >= 0.3 is 5.97 Å². The molecule has 1 aromatic carbocycles. The van der Waals surface area contributed by atoms with Crippen LogP contribution in [0.4, 0.5) is 5.69 Å². The number of amides is 3. The molecule has 172 valence electrons. The van der Waals surface area contributed by atoms with Crippen molar-refractivity contribution in [3.63, 3.8) is 0 Å². The average Bonchev–Trinajstić information content (AvgIpc) is 3.10. The number of hydrogen-bond acceptors (Lipinski definition) is 7. The number of imide groups is 1. The SMILES string of the molecule is CCCCOC(=O)CN1CCN(c2ccc3c(c2)CN(C2CCC(=O)NC2=O)C3=O)CC1. The lowest BCUT2D eigenvalue weighted by molar-refractivity contribution is -0.145. The molecule has 0 bridgehead atoms. The van der Waals surface area contributed by atoms with Gasteiger partial charge in [0.1, 0.15) is 6.04 Å². The van der Waals surface area contributed by atoms with E-state index in [1.807, 2.05) is 18.2 Å². The largest absolute Gasteiger partial charge is 0.465 e. The van der Waals surface area contributed by atoms with Crippen molar-refractivity contribution in [1.82, 2.24) is 15.1 Å². The summed E-state index contributed by atoms with van der Waals surface area (Å²) < 4.78 is 5.25. The van der Waals surface area contributed by atoms with E-state index in [4.69, 9.17) is 4.74 Å². The van der Waals surface area contributed by atoms with E-state index in [0.717, 1.165) is 50.3 Å². The molecular formula is C23H30N4O5. The minimum atomic E-state index is -0.600. The molecule has 0 radical (unpaired) electrons. The Bertz CT molecular complexity index is 910. The summed E-state index contributed by atoms with van der Waals surface area (Å²) in [5.74, 6) is -1.01. The third-order valence-electron chi connectivity index (χ3n) is 6.36. The summed E-state index contributed by atoms with van der Waals surface area (Å²) in [5, 5.41) is 2.33. The fourth-order valence-electron chi connectivity index (χ4n) is 4.48. The number of fused-ring (bicyclic) bond motifs is 1. The first-order valence-corrected chi connectivity index (χ1v) is 11.4. The Balaban J connectivity index is 1.33. The van der Waals surface area contributed by atoms with Crippen molar-refractivity contribution in [3.05, 3.63) is 29.3 Å². The Morgan fingerprint density at radius 1 is 1.16 bits per heavy atom. The molecule has 3 aliphatic rings. The lowest BCUT2D eigenvalue weighted by Crippen LogP contribution is -2.52. The number of esters is 1. The highest BCUT2D eigenvalue weighted by atomic mass is 16.5. The van der Waals surface area contributed by atoms with Crippen LogP contribution in [0.15, 0.2) is 18.2 Å². The first kappa shape index (κ1) is 22.3. The number of anilines is 1. The number of carbonyl (C=O) groups excluding carboxylic acids is 4. The van der Waals surface area contributed by atoms with Gasteiger partial charge < -0.3 is 14.5 Å². The average molecular weight is 443 g/mol. The van der Waals surface area contributed by atoms with Crippen molar-refractivity contribution in [2.75, 3.05) is 44.2 Å². The first-order chi connectivity index (χ1) is 15.5. The number of piperazine rings is 1. The predicted molar refractivity (Wildman–Crippen MR) is 117 cm³/mol. The maximum absolute atomic E-state index is 12.8. The molecule has 3 heterocycles. The van der Waals surface area contributed by atoms with Gasteiger partial charge in [0.05, 0.1) is 13.2 Å². The van der Waals surface area contributed by atoms with E-state index >= 15 is 0 Å². The molecule has 1 atom stereocenters. The number of piperidine rings is 1. The molecule has 0 aliphatic carbocycles. The topological polar surface area (TPSA) is 99.3 Å². The molecule has 3 amide bonds. The fourth-order valence-corrected chi connectivity index (χ4v) is 4.48. The Hall–Kier alpha value is -2.94. The lowest BCUT2D eigenvalue weighted by Gasteiger charge is -2.35. The van der Waals surface area contributed by atoms with E-state index < -0.39 is 11.9 Å². The number of nitrogens with zero attached hydrogens (tertiary/aromatic N) is 3. The molecule has 9 nitrogen and oxygen atoms in total. The molecule has 4 rings (SSSR count). The summed E-state index contributed by atoms with van der Waals surface area (Å²) in [6.07, 6.45) is 2.50. The van der Waals surface area contributed by atoms with Gasteiger partial charge in [-0.15, -0.1) is 0 Å². The van der Waals surface area contributed by atoms with Crippen molar-refractivity contribution < 1.29 is 23.9 Å². The zero-order valence-electron chi connectivity index (χ0n) is 18.5. The zero-order chi connectivity index (χ0) is 22.7. The van der Waals surface area contributed by atoms with E-state index in [0.29, 0.717) is 31.7 Å². The van der Waals surface area contributed by atoms with Gasteiger partial charge in [-0.25, -0.2) is 0 Å². The van der Waals surface area contributed by atoms with Crippen LogP contribution in [0.3, 0.4) is 0 Å². The summed E-state index contributed by atoms with van der Waals surface area (Å²) in [7, 11) is 0. The van der Waals surface area contributed by atoms with Crippen LogP contribution in [-0.4, -0.2) is 78.9 Å². The second-order valence-electron chi connectivity index (χ2n) is 8.58. The summed E-state index contributed by atoms with van der Waals surface area (Å²) in [6.45, 7) is 6.34. The Labute approximate surface area is 187 Å². The normalized spacial score (nSPS) is 21.5. The van der Waals surface area contributed by atoms with Gasteiger partial charge in [-0.2, -0.15) is 0 Å². The van der Waals surface area contributed by atoms with Gasteiger partial charge in [0.25, 0.3) is 5.91 Å². The summed E-state index contributed by atoms with van der Waals surface area (Å²) in [5.41, 5.74) is 2.55. The van der Waals surface area contributed by atoms with Crippen LogP contribution in [0.5, 0.6) is 0 Å². The van der Waals surface area contributed by atoms with Crippen molar-refractivity contribution in [2.45, 2.75) is 45.2 Å². The monoisotopic (exact) mass is 442 g/mol. The fraction of sp³-hybridized carbons (Fsp3) is 0.565. The van der Waals surface area contributed by atoms with Crippen LogP contribution < -0.4 is 10.2 Å². The molecule has 1 unspecified atom stereocenters. The Kier molecular flexibility index (Phi) is 6.74. The van der Waals surface area contributed by atoms with Gasteiger partial charge in [-0.1, -0.05) is 13.3 Å². The summed E-state index contributed by atoms with van der Waals surface area (Å²) in [4.78, 5) is 54.3. The molecule has 0 spiro atoms. The minimum Gasteiger partial charge on any atom is -0.465 e. The highest BCUT2D eigenvalue weighted by Crippen LogP contribution is 2.30. The maximum atomic E-state index is 12.8. The summed E-state index contributed by atoms with van der Waals surface area (Å²) >= 11 is 0. The highest BCUT2D eigenvalue weighted by Gasteiger charge is 2.39. The standard InChI is InChI=1S/C23H30N4O5/c1-2-3-12-32-21(29)15-25-8-10-26(11-9-25)17-4-5-18-16(13-17)14-27(23(18)31)19-6-7-20(28)24-22(19)30/h4-5,13,19H,2-3,6-12,14-15H2,1H3,(H,24,28,30). The van der Waals surface area contributed by atoms with Gasteiger partial charge in [0.2, 0.25) is 11.8 Å². The third-order valence-corrected chi connectivity index (χ3v) is 6.36. The van der Waals surface area contributed by atoms with Gasteiger partial charge in [0, 0.05) is 50.4 Å². The quantitative estimate of drug-likeness (QED) is 0.381. The highest BCUT2D eigenvalue weighted by molar-refractivity contribution is 6.05.